The van der Waals surface area contributed by atoms with Gasteiger partial charge in [-0.25, -0.2) is 0 Å². The van der Waals surface area contributed by atoms with E-state index in [0.29, 0.717) is 78.6 Å². The highest BCUT2D eigenvalue weighted by molar-refractivity contribution is 6.11. The number of para-hydroxylation sites is 1. The average molecular weight is 488 g/mol. The van der Waals surface area contributed by atoms with Crippen molar-refractivity contribution < 1.29 is 23.9 Å². The lowest BCUT2D eigenvalue weighted by atomic mass is 9.82. The molecule has 1 aliphatic carbocycles. The molecule has 1 aromatic heterocycles. The molecule has 2 amide bonds. The zero-order valence-corrected chi connectivity index (χ0v) is 20.3. The lowest BCUT2D eigenvalue weighted by Gasteiger charge is -2.44. The van der Waals surface area contributed by atoms with E-state index in [2.05, 4.69) is 4.57 Å². The minimum atomic E-state index is -0.570. The van der Waals surface area contributed by atoms with Gasteiger partial charge in [-0.1, -0.05) is 12.1 Å². The molecule has 0 radical (unpaired) electrons. The largest absolute Gasteiger partial charge is 0.493 e. The van der Waals surface area contributed by atoms with E-state index in [-0.39, 0.29) is 11.7 Å². The van der Waals surface area contributed by atoms with Gasteiger partial charge in [0.15, 0.2) is 5.78 Å². The summed E-state index contributed by atoms with van der Waals surface area (Å²) < 4.78 is 14.3. The number of hydrogen-bond acceptors (Lipinski definition) is 5. The molecule has 8 heteroatoms. The summed E-state index contributed by atoms with van der Waals surface area (Å²) in [6, 6.07) is 11.2. The monoisotopic (exact) mass is 487 g/mol. The van der Waals surface area contributed by atoms with Crippen LogP contribution < -0.4 is 15.2 Å². The van der Waals surface area contributed by atoms with Crippen LogP contribution in [-0.2, 0) is 0 Å². The fraction of sp³-hybridized carbons (Fsp3) is 0.393. The minimum absolute atomic E-state index is 0.0922. The van der Waals surface area contributed by atoms with Crippen LogP contribution in [-0.4, -0.2) is 52.4 Å². The van der Waals surface area contributed by atoms with Gasteiger partial charge in [0.25, 0.3) is 11.8 Å². The molecule has 0 bridgehead atoms. The van der Waals surface area contributed by atoms with Gasteiger partial charge in [0, 0.05) is 43.7 Å². The summed E-state index contributed by atoms with van der Waals surface area (Å²) in [4.78, 5) is 40.4. The molecule has 0 unspecified atom stereocenters. The number of hydrogen-bond donors (Lipinski definition) is 1. The van der Waals surface area contributed by atoms with Gasteiger partial charge >= 0.3 is 0 Å². The Hall–Kier alpha value is -3.81. The number of nitrogens with two attached hydrogens (primary N) is 1. The third-order valence-electron chi connectivity index (χ3n) is 7.61. The van der Waals surface area contributed by atoms with Gasteiger partial charge in [0.2, 0.25) is 0 Å². The summed E-state index contributed by atoms with van der Waals surface area (Å²) in [5.41, 5.74) is 7.48. The van der Waals surface area contributed by atoms with E-state index in [1.165, 1.54) is 0 Å². The van der Waals surface area contributed by atoms with Crippen molar-refractivity contribution in [3.05, 3.63) is 59.3 Å². The summed E-state index contributed by atoms with van der Waals surface area (Å²) >= 11 is 0. The Bertz CT molecular complexity index is 1400. The van der Waals surface area contributed by atoms with E-state index in [4.69, 9.17) is 15.2 Å². The van der Waals surface area contributed by atoms with Crippen molar-refractivity contribution in [1.82, 2.24) is 9.47 Å². The second kappa shape index (κ2) is 8.40. The molecule has 3 aliphatic rings. The van der Waals surface area contributed by atoms with E-state index >= 15 is 0 Å². The van der Waals surface area contributed by atoms with Crippen molar-refractivity contribution in [2.75, 3.05) is 19.7 Å². The van der Waals surface area contributed by atoms with Crippen molar-refractivity contribution in [1.29, 1.82) is 0 Å². The number of carbonyl (C=O) groups is 3. The summed E-state index contributed by atoms with van der Waals surface area (Å²) in [6.45, 7) is 3.26. The van der Waals surface area contributed by atoms with Crippen molar-refractivity contribution >= 4 is 28.5 Å². The number of nitrogens with zero attached hydrogens (tertiary/aromatic N) is 2. The van der Waals surface area contributed by atoms with Crippen LogP contribution in [0.5, 0.6) is 11.5 Å². The van der Waals surface area contributed by atoms with Gasteiger partial charge in [0.1, 0.15) is 17.1 Å². The maximum atomic E-state index is 13.6. The lowest BCUT2D eigenvalue weighted by molar-refractivity contribution is -0.00572. The Balaban J connectivity index is 1.28. The lowest BCUT2D eigenvalue weighted by Crippen LogP contribution is -2.52. The maximum Gasteiger partial charge on any atom is 0.254 e. The molecule has 8 nitrogen and oxygen atoms in total. The second-order valence-electron chi connectivity index (χ2n) is 10.0. The molecule has 0 atom stereocenters. The number of amides is 2. The van der Waals surface area contributed by atoms with Crippen molar-refractivity contribution in [3.8, 4) is 11.5 Å². The number of benzene rings is 2. The van der Waals surface area contributed by atoms with Crippen molar-refractivity contribution in [2.24, 2.45) is 5.73 Å². The topological polar surface area (TPSA) is 104 Å². The van der Waals surface area contributed by atoms with Gasteiger partial charge in [-0.05, 0) is 44.0 Å². The fourth-order valence-electron chi connectivity index (χ4n) is 5.60. The Kier molecular flexibility index (Phi) is 5.28. The van der Waals surface area contributed by atoms with Crippen LogP contribution >= 0.6 is 0 Å². The minimum Gasteiger partial charge on any atom is -0.493 e. The first-order chi connectivity index (χ1) is 17.4. The normalized spacial score (nSPS) is 18.7. The molecular weight excluding hydrogens is 458 g/mol. The highest BCUT2D eigenvalue weighted by atomic mass is 16.5. The number of ketones is 1. The molecule has 3 heterocycles. The quantitative estimate of drug-likeness (QED) is 0.583. The molecule has 1 saturated heterocycles. The van der Waals surface area contributed by atoms with Gasteiger partial charge in [0.05, 0.1) is 35.1 Å². The average Bonchev–Trinajstić information content (AvgIpc) is 3.63. The predicted molar refractivity (Wildman–Crippen MR) is 134 cm³/mol. The standard InChI is InChI=1S/C28H29N3O5/c1-2-35-24-14-17(13-21-25(24)20(26(29)33)16-31(21)18-7-8-18)27(34)30-11-9-28(10-12-30)15-22(32)19-5-3-4-6-23(19)36-28/h3-6,13-14,16,18H,2,7-12,15H2,1H3,(H2,29,33). The van der Waals surface area contributed by atoms with E-state index in [0.717, 1.165) is 18.4 Å². The van der Waals surface area contributed by atoms with Crippen LogP contribution in [0.3, 0.4) is 0 Å². The first-order valence-electron chi connectivity index (χ1n) is 12.6. The number of aromatic nitrogens is 1. The van der Waals surface area contributed by atoms with E-state index < -0.39 is 11.5 Å². The molecular formula is C28H29N3O5. The Morgan fingerprint density at radius 1 is 1.17 bits per heavy atom. The molecule has 2 aromatic carbocycles. The summed E-state index contributed by atoms with van der Waals surface area (Å²) in [5, 5.41) is 0.665. The number of likely N-dealkylation sites (tertiary alicyclic amines) is 1. The number of carbonyl (C=O) groups excluding carboxylic acids is 3. The van der Waals surface area contributed by atoms with Crippen LogP contribution in [0.1, 0.15) is 76.1 Å². The SMILES string of the molecule is CCOc1cc(C(=O)N2CCC3(CC2)CC(=O)c2ccccc2O3)cc2c1c(C(N)=O)cn2C1CC1. The first-order valence-corrected chi connectivity index (χ1v) is 12.6. The smallest absolute Gasteiger partial charge is 0.254 e. The molecule has 6 rings (SSSR count). The van der Waals surface area contributed by atoms with Crippen molar-refractivity contribution in [2.45, 2.75) is 50.7 Å². The maximum absolute atomic E-state index is 13.6. The molecule has 2 fully saturated rings. The summed E-state index contributed by atoms with van der Waals surface area (Å²) in [7, 11) is 0. The summed E-state index contributed by atoms with van der Waals surface area (Å²) in [5.74, 6) is 0.613. The molecule has 36 heavy (non-hydrogen) atoms. The fourth-order valence-corrected chi connectivity index (χ4v) is 5.60. The van der Waals surface area contributed by atoms with Gasteiger partial charge < -0.3 is 24.7 Å². The molecule has 1 spiro atoms. The van der Waals surface area contributed by atoms with E-state index in [1.807, 2.05) is 36.1 Å². The third-order valence-corrected chi connectivity index (χ3v) is 7.61. The number of primary amides is 1. The molecule has 186 valence electrons. The van der Waals surface area contributed by atoms with Crippen LogP contribution in [0, 0.1) is 0 Å². The van der Waals surface area contributed by atoms with Crippen LogP contribution in [0.25, 0.3) is 10.9 Å². The zero-order valence-electron chi connectivity index (χ0n) is 20.3. The van der Waals surface area contributed by atoms with Crippen LogP contribution in [0.2, 0.25) is 0 Å². The first kappa shape index (κ1) is 22.6. The molecule has 2 aliphatic heterocycles. The number of fused-ring (bicyclic) bond motifs is 2. The van der Waals surface area contributed by atoms with Gasteiger partial charge in [-0.2, -0.15) is 0 Å². The number of Topliss-reactive ketones (excluding diaryl/α,β-unsaturated/α-hetero) is 1. The van der Waals surface area contributed by atoms with E-state index in [1.54, 1.807) is 18.3 Å². The van der Waals surface area contributed by atoms with Gasteiger partial charge in [-0.3, -0.25) is 14.4 Å². The van der Waals surface area contributed by atoms with Crippen LogP contribution in [0.4, 0.5) is 0 Å². The molecule has 1 saturated carbocycles. The predicted octanol–water partition coefficient (Wildman–Crippen LogP) is 4.11. The highest BCUT2D eigenvalue weighted by Crippen LogP contribution is 2.43. The number of ether oxygens (including phenoxy) is 2. The van der Waals surface area contributed by atoms with Crippen molar-refractivity contribution in [3.63, 3.8) is 0 Å². The zero-order chi connectivity index (χ0) is 25.0. The third kappa shape index (κ3) is 3.72. The van der Waals surface area contributed by atoms with Gasteiger partial charge in [-0.15, -0.1) is 0 Å². The second-order valence-corrected chi connectivity index (χ2v) is 10.0. The number of rotatable bonds is 5. The summed E-state index contributed by atoms with van der Waals surface area (Å²) in [6.07, 6.45) is 5.35. The Morgan fingerprint density at radius 3 is 2.61 bits per heavy atom. The van der Waals surface area contributed by atoms with Crippen LogP contribution in [0.15, 0.2) is 42.6 Å². The number of piperidine rings is 1. The Morgan fingerprint density at radius 2 is 1.92 bits per heavy atom. The highest BCUT2D eigenvalue weighted by Gasteiger charge is 2.43. The molecule has 2 N–H and O–H groups in total. The molecule has 3 aromatic rings. The van der Waals surface area contributed by atoms with E-state index in [9.17, 15) is 14.4 Å². The Labute approximate surface area is 208 Å².